The van der Waals surface area contributed by atoms with E-state index in [1.807, 2.05) is 0 Å². The second-order valence-electron chi connectivity index (χ2n) is 8.62. The van der Waals surface area contributed by atoms with Crippen molar-refractivity contribution in [2.75, 3.05) is 13.2 Å². The Morgan fingerprint density at radius 1 is 0.757 bits per heavy atom. The van der Waals surface area contributed by atoms with Crippen molar-refractivity contribution < 1.29 is 83.4 Å². The third-order valence-corrected chi connectivity index (χ3v) is 6.38. The van der Waals surface area contributed by atoms with E-state index in [0.29, 0.717) is 12.8 Å². The molecule has 0 aliphatic rings. The van der Waals surface area contributed by atoms with E-state index in [1.165, 1.54) is 12.1 Å². The Hall–Kier alpha value is -0.814. The van der Waals surface area contributed by atoms with Gasteiger partial charge in [0.25, 0.3) is 0 Å². The molecule has 0 aliphatic heterocycles. The maximum absolute atomic E-state index is 12.7. The van der Waals surface area contributed by atoms with Crippen molar-refractivity contribution in [3.63, 3.8) is 0 Å². The molecule has 37 heavy (non-hydrogen) atoms. The third-order valence-electron chi connectivity index (χ3n) is 5.50. The Bertz CT molecular complexity index is 955. The van der Waals surface area contributed by atoms with Gasteiger partial charge in [-0.05, 0) is 63.5 Å². The number of hydrogen-bond donors (Lipinski definition) is 0. The van der Waals surface area contributed by atoms with Crippen LogP contribution in [0, 0.1) is 0 Å². The molecule has 0 fully saturated rings. The molecule has 7 nitrogen and oxygen atoms in total. The fraction of sp³-hybridized carbons (Fsp3) is 0.571. The summed E-state index contributed by atoms with van der Waals surface area (Å²) in [4.78, 5) is 24.6. The monoisotopic (exact) mass is 560 g/mol. The quantitative estimate of drug-likeness (QED) is 0.0833. The molecule has 0 N–H and O–H groups in total. The van der Waals surface area contributed by atoms with Gasteiger partial charge in [-0.1, -0.05) is 69.9 Å². The molecule has 0 saturated carbocycles. The van der Waals surface area contributed by atoms with Gasteiger partial charge in [-0.15, -0.1) is 0 Å². The molecule has 0 aliphatic carbocycles. The van der Waals surface area contributed by atoms with Crippen LogP contribution < -0.4 is 51.4 Å². The second-order valence-corrected chi connectivity index (χ2v) is 9.97. The molecule has 0 amide bonds. The number of carbonyl (C=O) groups is 2. The Labute approximate surface area is 265 Å². The van der Waals surface area contributed by atoms with Crippen molar-refractivity contribution in [2.24, 2.45) is 0 Å². The van der Waals surface area contributed by atoms with Gasteiger partial charge in [-0.25, -0.2) is 18.0 Å². The fourth-order valence-corrected chi connectivity index (χ4v) is 4.13. The number of carbonyl (C=O) groups excluding carboxylic acids is 2. The topological polar surface area (TPSA) is 110 Å². The van der Waals surface area contributed by atoms with Crippen molar-refractivity contribution in [3.8, 4) is 0 Å². The van der Waals surface area contributed by atoms with E-state index in [4.69, 9.17) is 9.47 Å². The first-order valence-corrected chi connectivity index (χ1v) is 14.5. The number of benzene rings is 1. The first kappa shape index (κ1) is 36.2. The van der Waals surface area contributed by atoms with Crippen LogP contribution in [0.25, 0.3) is 0 Å². The van der Waals surface area contributed by atoms with Gasteiger partial charge in [0.15, 0.2) is 0 Å². The molecule has 0 spiro atoms. The average molecular weight is 561 g/mol. The second kappa shape index (κ2) is 22.0. The molecule has 1 rings (SSSR count). The van der Waals surface area contributed by atoms with Crippen LogP contribution in [0.3, 0.4) is 0 Å². The number of hydrogen-bond acceptors (Lipinski definition) is 7. The molecule has 0 heterocycles. The molecule has 0 bridgehead atoms. The molecule has 202 valence electrons. The summed E-state index contributed by atoms with van der Waals surface area (Å²) in [7, 11) is -5.00. The Kier molecular flexibility index (Phi) is 21.6. The summed E-state index contributed by atoms with van der Waals surface area (Å²) in [5.74, 6) is -1.88. The zero-order valence-electron chi connectivity index (χ0n) is 22.7. The van der Waals surface area contributed by atoms with Crippen molar-refractivity contribution in [3.05, 3.63) is 53.6 Å². The smallest absolute Gasteiger partial charge is 0.744 e. The van der Waals surface area contributed by atoms with Gasteiger partial charge in [0.1, 0.15) is 10.1 Å². The van der Waals surface area contributed by atoms with Gasteiger partial charge < -0.3 is 14.0 Å². The molecule has 0 saturated heterocycles. The molecular weight excluding hydrogens is 519 g/mol. The standard InChI is InChI=1S/C28H42O7S.K/c1-3-5-7-9-11-13-15-17-22-34-27(29)24-20-19-21-25(36(31,32)33)26(24)28(30)35-23-18-16-14-12-10-8-6-4-2;/h9-12,19-21H,3-8,13-18,22-23H2,1-2H3,(H,31,32,33);/q;+1/p-1/b11-9+,12-10+;. The molecule has 1 aromatic rings. The van der Waals surface area contributed by atoms with E-state index in [0.717, 1.165) is 70.3 Å². The van der Waals surface area contributed by atoms with Crippen LogP contribution in [0.5, 0.6) is 0 Å². The first-order chi connectivity index (χ1) is 17.3. The minimum Gasteiger partial charge on any atom is -0.744 e. The zero-order valence-corrected chi connectivity index (χ0v) is 26.6. The predicted molar refractivity (Wildman–Crippen MR) is 140 cm³/mol. The number of allylic oxidation sites excluding steroid dienone is 4. The Balaban J connectivity index is 0.0000130. The summed E-state index contributed by atoms with van der Waals surface area (Å²) in [6, 6.07) is 3.51. The van der Waals surface area contributed by atoms with Crippen LogP contribution in [-0.4, -0.2) is 38.1 Å². The molecule has 0 aromatic heterocycles. The van der Waals surface area contributed by atoms with E-state index < -0.39 is 32.5 Å². The van der Waals surface area contributed by atoms with Crippen LogP contribution in [0.15, 0.2) is 47.4 Å². The largest absolute Gasteiger partial charge is 1.00 e. The summed E-state index contributed by atoms with van der Waals surface area (Å²) >= 11 is 0. The number of ether oxygens (including phenoxy) is 2. The maximum atomic E-state index is 12.7. The van der Waals surface area contributed by atoms with Crippen molar-refractivity contribution in [1.82, 2.24) is 0 Å². The molecule has 1 aromatic carbocycles. The predicted octanol–water partition coefficient (Wildman–Crippen LogP) is 3.74. The zero-order chi connectivity index (χ0) is 26.7. The van der Waals surface area contributed by atoms with Crippen molar-refractivity contribution in [2.45, 2.75) is 95.8 Å². The molecule has 0 atom stereocenters. The van der Waals surface area contributed by atoms with Crippen molar-refractivity contribution >= 4 is 22.1 Å². The SMILES string of the molecule is CCCC/C=C/CCCCOC(=O)c1cccc(S(=O)(=O)[O-])c1C(=O)OCCCC/C=C/CCCC.[K+]. The number of esters is 2. The van der Waals surface area contributed by atoms with E-state index in [-0.39, 0.29) is 70.2 Å². The van der Waals surface area contributed by atoms with Gasteiger partial charge in [0.2, 0.25) is 0 Å². The minimum atomic E-state index is -5.00. The van der Waals surface area contributed by atoms with Gasteiger partial charge in [-0.2, -0.15) is 0 Å². The number of rotatable bonds is 19. The fourth-order valence-electron chi connectivity index (χ4n) is 3.44. The molecule has 0 radical (unpaired) electrons. The summed E-state index contributed by atoms with van der Waals surface area (Å²) < 4.78 is 45.7. The average Bonchev–Trinajstić information content (AvgIpc) is 2.85. The molecule has 9 heteroatoms. The normalized spacial score (nSPS) is 11.5. The molecule has 0 unspecified atom stereocenters. The van der Waals surface area contributed by atoms with E-state index in [1.54, 1.807) is 0 Å². The van der Waals surface area contributed by atoms with E-state index in [2.05, 4.69) is 38.2 Å². The summed E-state index contributed by atoms with van der Waals surface area (Å²) in [6.45, 7) is 4.45. The van der Waals surface area contributed by atoms with Gasteiger partial charge in [0, 0.05) is 0 Å². The number of unbranched alkanes of at least 4 members (excludes halogenated alkanes) is 8. The molecular formula is C28H41KO7S. The summed E-state index contributed by atoms with van der Waals surface area (Å²) in [5, 5.41) is 0. The van der Waals surface area contributed by atoms with Crippen LogP contribution in [0.2, 0.25) is 0 Å². The Morgan fingerprint density at radius 3 is 1.68 bits per heavy atom. The van der Waals surface area contributed by atoms with Crippen molar-refractivity contribution in [1.29, 1.82) is 0 Å². The van der Waals surface area contributed by atoms with E-state index in [9.17, 15) is 22.6 Å². The van der Waals surface area contributed by atoms with Crippen LogP contribution in [-0.2, 0) is 19.6 Å². The van der Waals surface area contributed by atoms with Gasteiger partial charge >= 0.3 is 63.3 Å². The summed E-state index contributed by atoms with van der Waals surface area (Å²) in [5.41, 5.74) is -0.842. The minimum absolute atomic E-state index is 0. The van der Waals surface area contributed by atoms with Gasteiger partial charge in [0.05, 0.1) is 29.2 Å². The van der Waals surface area contributed by atoms with Crippen LogP contribution >= 0.6 is 0 Å². The van der Waals surface area contributed by atoms with Crippen LogP contribution in [0.4, 0.5) is 0 Å². The summed E-state index contributed by atoms with van der Waals surface area (Å²) in [6.07, 6.45) is 19.7. The Morgan fingerprint density at radius 2 is 1.22 bits per heavy atom. The third kappa shape index (κ3) is 16.0. The van der Waals surface area contributed by atoms with Crippen LogP contribution in [0.1, 0.15) is 112 Å². The van der Waals surface area contributed by atoms with Gasteiger partial charge in [-0.3, -0.25) is 0 Å². The first-order valence-electron chi connectivity index (χ1n) is 13.1. The van der Waals surface area contributed by atoms with E-state index >= 15 is 0 Å². The maximum Gasteiger partial charge on any atom is 1.00 e.